The average molecular weight is 290 g/mol. The maximum absolute atomic E-state index is 5.93. The highest BCUT2D eigenvalue weighted by molar-refractivity contribution is 5.55. The number of hydrogen-bond donors (Lipinski definition) is 2. The van der Waals surface area contributed by atoms with E-state index in [1.54, 1.807) is 0 Å². The largest absolute Gasteiger partial charge is 0.383 e. The minimum absolute atomic E-state index is 0.230. The first-order valence-corrected chi connectivity index (χ1v) is 8.18. The Balaban J connectivity index is 1.85. The number of nitrogens with two attached hydrogens (primary N) is 1. The van der Waals surface area contributed by atoms with Gasteiger partial charge in [-0.15, -0.1) is 0 Å². The van der Waals surface area contributed by atoms with Crippen LogP contribution in [0, 0.1) is 0 Å². The molecular formula is C17H30N4. The quantitative estimate of drug-likeness (QED) is 0.844. The minimum atomic E-state index is 0.230. The topological polar surface area (TPSA) is 44.5 Å². The molecule has 1 aliphatic rings. The van der Waals surface area contributed by atoms with Crippen LogP contribution >= 0.6 is 0 Å². The molecule has 2 rings (SSSR count). The molecule has 1 atom stereocenters. The van der Waals surface area contributed by atoms with E-state index in [4.69, 9.17) is 5.73 Å². The lowest BCUT2D eigenvalue weighted by atomic mass is 10.2. The molecule has 0 saturated carbocycles. The number of rotatable bonds is 6. The van der Waals surface area contributed by atoms with Crippen LogP contribution in [0.5, 0.6) is 0 Å². The zero-order valence-corrected chi connectivity index (χ0v) is 13.7. The van der Waals surface area contributed by atoms with E-state index in [0.717, 1.165) is 44.8 Å². The first-order chi connectivity index (χ1) is 10.1. The van der Waals surface area contributed by atoms with E-state index in [9.17, 15) is 0 Å². The predicted octanol–water partition coefficient (Wildman–Crippen LogP) is 2.37. The molecule has 3 N–H and O–H groups in total. The van der Waals surface area contributed by atoms with Crippen molar-refractivity contribution in [2.45, 2.75) is 39.3 Å². The molecule has 1 aromatic carbocycles. The summed E-state index contributed by atoms with van der Waals surface area (Å²) in [6.45, 7) is 12.0. The molecule has 0 radical (unpaired) electrons. The molecule has 1 saturated heterocycles. The zero-order valence-electron chi connectivity index (χ0n) is 13.7. The van der Waals surface area contributed by atoms with Crippen LogP contribution in [-0.2, 0) is 0 Å². The molecule has 0 spiro atoms. The number of nitrogens with zero attached hydrogens (tertiary/aromatic N) is 2. The highest BCUT2D eigenvalue weighted by Gasteiger charge is 2.18. The second kappa shape index (κ2) is 7.66. The second-order valence-electron chi connectivity index (χ2n) is 6.21. The van der Waals surface area contributed by atoms with Gasteiger partial charge >= 0.3 is 0 Å². The Bertz CT molecular complexity index is 407. The fourth-order valence-corrected chi connectivity index (χ4v) is 2.68. The third-order valence-corrected chi connectivity index (χ3v) is 4.37. The van der Waals surface area contributed by atoms with E-state index in [1.807, 2.05) is 0 Å². The van der Waals surface area contributed by atoms with Crippen LogP contribution in [0.3, 0.4) is 0 Å². The molecule has 0 aliphatic carbocycles. The lowest BCUT2D eigenvalue weighted by Crippen LogP contribution is -2.48. The van der Waals surface area contributed by atoms with Crippen molar-refractivity contribution in [2.75, 3.05) is 42.9 Å². The summed E-state index contributed by atoms with van der Waals surface area (Å²) in [6, 6.07) is 9.63. The maximum Gasteiger partial charge on any atom is 0.0368 e. The van der Waals surface area contributed by atoms with Crippen LogP contribution in [-0.4, -0.2) is 49.7 Å². The monoisotopic (exact) mass is 290 g/mol. The number of nitrogens with one attached hydrogen (secondary N) is 1. The van der Waals surface area contributed by atoms with Gasteiger partial charge < -0.3 is 16.0 Å². The van der Waals surface area contributed by atoms with Gasteiger partial charge in [0.05, 0.1) is 0 Å². The van der Waals surface area contributed by atoms with Gasteiger partial charge in [0.2, 0.25) is 0 Å². The molecule has 1 fully saturated rings. The van der Waals surface area contributed by atoms with E-state index in [0.29, 0.717) is 6.04 Å². The van der Waals surface area contributed by atoms with E-state index in [1.165, 1.54) is 5.69 Å². The van der Waals surface area contributed by atoms with Gasteiger partial charge in [0.15, 0.2) is 0 Å². The fourth-order valence-electron chi connectivity index (χ4n) is 2.68. The summed E-state index contributed by atoms with van der Waals surface area (Å²) in [5.74, 6) is 0. The summed E-state index contributed by atoms with van der Waals surface area (Å²) in [5, 5.41) is 3.40. The highest BCUT2D eigenvalue weighted by atomic mass is 15.3. The molecule has 0 bridgehead atoms. The minimum Gasteiger partial charge on any atom is -0.383 e. The van der Waals surface area contributed by atoms with Gasteiger partial charge in [0.25, 0.3) is 0 Å². The standard InChI is InChI=1S/C17H30N4/c1-4-15(18)13-19-16-5-7-17(8-6-16)21-11-9-20(10-12-21)14(2)3/h5-8,14-15,19H,4,9-13,18H2,1-3H3. The van der Waals surface area contributed by atoms with Gasteiger partial charge in [-0.05, 0) is 44.5 Å². The van der Waals surface area contributed by atoms with Crippen LogP contribution in [0.25, 0.3) is 0 Å². The Labute approximate surface area is 129 Å². The van der Waals surface area contributed by atoms with Crippen LogP contribution in [0.15, 0.2) is 24.3 Å². The SMILES string of the molecule is CCC(N)CNc1ccc(N2CCN(C(C)C)CC2)cc1. The first-order valence-electron chi connectivity index (χ1n) is 8.18. The van der Waals surface area contributed by atoms with Crippen LogP contribution in [0.4, 0.5) is 11.4 Å². The van der Waals surface area contributed by atoms with E-state index in [-0.39, 0.29) is 6.04 Å². The summed E-state index contributed by atoms with van der Waals surface area (Å²) < 4.78 is 0. The normalized spacial score (nSPS) is 18.0. The van der Waals surface area contributed by atoms with Gasteiger partial charge in [0, 0.05) is 56.2 Å². The van der Waals surface area contributed by atoms with E-state index >= 15 is 0 Å². The zero-order chi connectivity index (χ0) is 15.2. The third kappa shape index (κ3) is 4.61. The Morgan fingerprint density at radius 2 is 1.71 bits per heavy atom. The number of hydrogen-bond acceptors (Lipinski definition) is 4. The first kappa shape index (κ1) is 16.1. The molecule has 1 aromatic rings. The van der Waals surface area contributed by atoms with Crippen molar-refractivity contribution in [3.63, 3.8) is 0 Å². The molecule has 4 heteroatoms. The van der Waals surface area contributed by atoms with Crippen molar-refractivity contribution in [2.24, 2.45) is 5.73 Å². The lowest BCUT2D eigenvalue weighted by molar-refractivity contribution is 0.209. The van der Waals surface area contributed by atoms with Gasteiger partial charge in [-0.1, -0.05) is 6.92 Å². The van der Waals surface area contributed by atoms with Crippen LogP contribution < -0.4 is 16.0 Å². The molecule has 21 heavy (non-hydrogen) atoms. The molecule has 4 nitrogen and oxygen atoms in total. The third-order valence-electron chi connectivity index (χ3n) is 4.37. The summed E-state index contributed by atoms with van der Waals surface area (Å²) in [6.07, 6.45) is 1.01. The molecule has 118 valence electrons. The smallest absolute Gasteiger partial charge is 0.0368 e. The van der Waals surface area contributed by atoms with Crippen molar-refractivity contribution in [3.05, 3.63) is 24.3 Å². The van der Waals surface area contributed by atoms with Crippen LogP contribution in [0.2, 0.25) is 0 Å². The highest BCUT2D eigenvalue weighted by Crippen LogP contribution is 2.20. The fraction of sp³-hybridized carbons (Fsp3) is 0.647. The molecular weight excluding hydrogens is 260 g/mol. The van der Waals surface area contributed by atoms with Gasteiger partial charge in [-0.2, -0.15) is 0 Å². The van der Waals surface area contributed by atoms with Crippen molar-refractivity contribution >= 4 is 11.4 Å². The molecule has 1 heterocycles. The summed E-state index contributed by atoms with van der Waals surface area (Å²) in [7, 11) is 0. The van der Waals surface area contributed by atoms with Crippen LogP contribution in [0.1, 0.15) is 27.2 Å². The Morgan fingerprint density at radius 3 is 2.24 bits per heavy atom. The van der Waals surface area contributed by atoms with Crippen molar-refractivity contribution < 1.29 is 0 Å². The number of piperazine rings is 1. The van der Waals surface area contributed by atoms with Gasteiger partial charge in [-0.3, -0.25) is 4.90 Å². The Kier molecular flexibility index (Phi) is 5.88. The molecule has 0 aromatic heterocycles. The van der Waals surface area contributed by atoms with Crippen molar-refractivity contribution in [1.29, 1.82) is 0 Å². The number of anilines is 2. The summed E-state index contributed by atoms with van der Waals surface area (Å²) in [5.41, 5.74) is 8.41. The Hall–Kier alpha value is -1.26. The van der Waals surface area contributed by atoms with Gasteiger partial charge in [0.1, 0.15) is 0 Å². The van der Waals surface area contributed by atoms with Crippen molar-refractivity contribution in [1.82, 2.24) is 4.90 Å². The maximum atomic E-state index is 5.93. The van der Waals surface area contributed by atoms with E-state index < -0.39 is 0 Å². The summed E-state index contributed by atoms with van der Waals surface area (Å²) in [4.78, 5) is 5.01. The van der Waals surface area contributed by atoms with E-state index in [2.05, 4.69) is 60.2 Å². The number of benzene rings is 1. The molecule has 1 unspecified atom stereocenters. The predicted molar refractivity (Wildman–Crippen MR) is 92.1 cm³/mol. The Morgan fingerprint density at radius 1 is 1.10 bits per heavy atom. The molecule has 0 amide bonds. The molecule has 1 aliphatic heterocycles. The van der Waals surface area contributed by atoms with Gasteiger partial charge in [-0.25, -0.2) is 0 Å². The lowest BCUT2D eigenvalue weighted by Gasteiger charge is -2.38. The summed E-state index contributed by atoms with van der Waals surface area (Å²) >= 11 is 0. The average Bonchev–Trinajstić information content (AvgIpc) is 2.53. The second-order valence-corrected chi connectivity index (χ2v) is 6.21. The van der Waals surface area contributed by atoms with Crippen molar-refractivity contribution in [3.8, 4) is 0 Å².